The minimum Gasteiger partial charge on any atom is -0.467 e. The molecule has 0 radical (unpaired) electrons. The summed E-state index contributed by atoms with van der Waals surface area (Å²) in [6.45, 7) is 0.474. The summed E-state index contributed by atoms with van der Waals surface area (Å²) in [5, 5.41) is -0.116. The maximum Gasteiger partial charge on any atom is 0.257 e. The molecule has 1 amide bonds. The maximum atomic E-state index is 14.4. The van der Waals surface area contributed by atoms with Crippen LogP contribution in [0.3, 0.4) is 0 Å². The first-order valence-electron chi connectivity index (χ1n) is 11.3. The molecule has 36 heavy (non-hydrogen) atoms. The van der Waals surface area contributed by atoms with Gasteiger partial charge in [-0.25, -0.2) is 17.8 Å². The first-order chi connectivity index (χ1) is 17.4. The van der Waals surface area contributed by atoms with Crippen molar-refractivity contribution in [2.24, 2.45) is 0 Å². The quantitative estimate of drug-likeness (QED) is 0.301. The summed E-state index contributed by atoms with van der Waals surface area (Å²) >= 11 is 0. The summed E-state index contributed by atoms with van der Waals surface area (Å²) in [7, 11) is -2.29. The van der Waals surface area contributed by atoms with Crippen LogP contribution in [0.25, 0.3) is 0 Å². The highest BCUT2D eigenvalue weighted by Gasteiger charge is 2.27. The molecule has 8 nitrogen and oxygen atoms in total. The van der Waals surface area contributed by atoms with Gasteiger partial charge in [0.15, 0.2) is 0 Å². The number of carbonyl (C=O) groups is 1. The van der Waals surface area contributed by atoms with Crippen molar-refractivity contribution in [1.29, 1.82) is 0 Å². The number of rotatable bonds is 11. The lowest BCUT2D eigenvalue weighted by Crippen LogP contribution is -2.32. The van der Waals surface area contributed by atoms with Gasteiger partial charge in [0.25, 0.3) is 5.91 Å². The molecule has 2 heterocycles. The van der Waals surface area contributed by atoms with Crippen LogP contribution in [0, 0.1) is 5.82 Å². The molecular formula is C26H26FN3O5S. The van der Waals surface area contributed by atoms with E-state index in [0.717, 1.165) is 0 Å². The van der Waals surface area contributed by atoms with Gasteiger partial charge in [0, 0.05) is 13.7 Å². The third kappa shape index (κ3) is 5.89. The molecule has 188 valence electrons. The summed E-state index contributed by atoms with van der Waals surface area (Å²) in [4.78, 5) is 19.0. The highest BCUT2D eigenvalue weighted by molar-refractivity contribution is 7.90. The SMILES string of the molecule is COCCn1c(CN(Cc2ccco2)C(=O)c2ccccc2F)cnc1S(=O)(=O)Cc1ccccc1. The van der Waals surface area contributed by atoms with Crippen molar-refractivity contribution in [3.05, 3.63) is 108 Å². The molecule has 0 aliphatic carbocycles. The van der Waals surface area contributed by atoms with E-state index in [1.54, 1.807) is 42.5 Å². The Morgan fingerprint density at radius 1 is 1.06 bits per heavy atom. The molecule has 4 rings (SSSR count). The van der Waals surface area contributed by atoms with E-state index in [1.165, 1.54) is 47.2 Å². The molecule has 0 unspecified atom stereocenters. The molecule has 0 bridgehead atoms. The Bertz CT molecular complexity index is 1400. The molecule has 0 aliphatic heterocycles. The van der Waals surface area contributed by atoms with Crippen LogP contribution in [0.1, 0.15) is 27.4 Å². The fraction of sp³-hybridized carbons (Fsp3) is 0.231. The number of nitrogens with zero attached hydrogens (tertiary/aromatic N) is 3. The van der Waals surface area contributed by atoms with Crippen molar-refractivity contribution in [2.75, 3.05) is 13.7 Å². The number of benzene rings is 2. The van der Waals surface area contributed by atoms with Gasteiger partial charge in [0.05, 0.1) is 49.2 Å². The van der Waals surface area contributed by atoms with Gasteiger partial charge in [-0.15, -0.1) is 0 Å². The Balaban J connectivity index is 1.69. The molecule has 10 heteroatoms. The molecule has 2 aromatic carbocycles. The van der Waals surface area contributed by atoms with E-state index in [0.29, 0.717) is 17.0 Å². The highest BCUT2D eigenvalue weighted by atomic mass is 32.2. The second kappa shape index (κ2) is 11.3. The number of hydrogen-bond acceptors (Lipinski definition) is 6. The first kappa shape index (κ1) is 25.3. The van der Waals surface area contributed by atoms with Gasteiger partial charge < -0.3 is 18.6 Å². The van der Waals surface area contributed by atoms with Crippen molar-refractivity contribution in [2.45, 2.75) is 30.5 Å². The molecule has 0 saturated carbocycles. The number of carbonyl (C=O) groups excluding carboxylic acids is 1. The van der Waals surface area contributed by atoms with Crippen LogP contribution in [-0.2, 0) is 40.0 Å². The van der Waals surface area contributed by atoms with E-state index in [-0.39, 0.29) is 42.7 Å². The summed E-state index contributed by atoms with van der Waals surface area (Å²) in [5.74, 6) is -0.926. The smallest absolute Gasteiger partial charge is 0.257 e. The lowest BCUT2D eigenvalue weighted by Gasteiger charge is -2.23. The van der Waals surface area contributed by atoms with Crippen molar-refractivity contribution in [3.63, 3.8) is 0 Å². The van der Waals surface area contributed by atoms with Crippen LogP contribution >= 0.6 is 0 Å². The Labute approximate surface area is 208 Å². The van der Waals surface area contributed by atoms with Crippen molar-refractivity contribution in [3.8, 4) is 0 Å². The van der Waals surface area contributed by atoms with Gasteiger partial charge in [-0.2, -0.15) is 0 Å². The fourth-order valence-corrected chi connectivity index (χ4v) is 5.36. The van der Waals surface area contributed by atoms with Crippen LogP contribution in [0.15, 0.2) is 88.8 Å². The van der Waals surface area contributed by atoms with Gasteiger partial charge in [-0.3, -0.25) is 4.79 Å². The van der Waals surface area contributed by atoms with Crippen molar-refractivity contribution >= 4 is 15.7 Å². The van der Waals surface area contributed by atoms with E-state index >= 15 is 0 Å². The average Bonchev–Trinajstić information content (AvgIpc) is 3.53. The van der Waals surface area contributed by atoms with Crippen LogP contribution in [-0.4, -0.2) is 42.5 Å². The Morgan fingerprint density at radius 2 is 1.81 bits per heavy atom. The van der Waals surface area contributed by atoms with E-state index in [9.17, 15) is 17.6 Å². The summed E-state index contributed by atoms with van der Waals surface area (Å²) < 4.78 is 53.1. The van der Waals surface area contributed by atoms with Crippen molar-refractivity contribution in [1.82, 2.24) is 14.5 Å². The number of amides is 1. The summed E-state index contributed by atoms with van der Waals surface area (Å²) in [6.07, 6.45) is 2.91. The lowest BCUT2D eigenvalue weighted by atomic mass is 10.1. The standard InChI is InChI=1S/C26H26FN3O5S/c1-34-15-13-30-21(16-28-26(30)36(32,33)19-20-8-3-2-4-9-20)17-29(18-22-10-7-14-35-22)25(31)23-11-5-6-12-24(23)27/h2-12,14,16H,13,15,17-19H2,1H3. The Kier molecular flexibility index (Phi) is 7.97. The number of imidazole rings is 1. The van der Waals surface area contributed by atoms with Crippen LogP contribution in [0.4, 0.5) is 4.39 Å². The average molecular weight is 512 g/mol. The molecule has 0 saturated heterocycles. The number of furan rings is 1. The second-order valence-corrected chi connectivity index (χ2v) is 10.0. The topological polar surface area (TPSA) is 94.6 Å². The zero-order valence-corrected chi connectivity index (χ0v) is 20.5. The van der Waals surface area contributed by atoms with Crippen LogP contribution in [0.5, 0.6) is 0 Å². The van der Waals surface area contributed by atoms with Gasteiger partial charge in [0.2, 0.25) is 15.0 Å². The number of aromatic nitrogens is 2. The van der Waals surface area contributed by atoms with Gasteiger partial charge in [0.1, 0.15) is 11.6 Å². The zero-order chi connectivity index (χ0) is 25.5. The number of sulfone groups is 1. The monoisotopic (exact) mass is 511 g/mol. The van der Waals surface area contributed by atoms with Gasteiger partial charge in [-0.1, -0.05) is 42.5 Å². The summed E-state index contributed by atoms with van der Waals surface area (Å²) in [6, 6.07) is 17.9. The predicted molar refractivity (Wildman–Crippen MR) is 130 cm³/mol. The Hall–Kier alpha value is -3.76. The number of hydrogen-bond donors (Lipinski definition) is 0. The molecule has 0 spiro atoms. The minimum absolute atomic E-state index is 0.0224. The highest BCUT2D eigenvalue weighted by Crippen LogP contribution is 2.21. The Morgan fingerprint density at radius 3 is 2.50 bits per heavy atom. The van der Waals surface area contributed by atoms with Crippen LogP contribution < -0.4 is 0 Å². The van der Waals surface area contributed by atoms with Gasteiger partial charge in [-0.05, 0) is 29.8 Å². The van der Waals surface area contributed by atoms with E-state index < -0.39 is 21.6 Å². The molecular weight excluding hydrogens is 485 g/mol. The molecule has 4 aromatic rings. The molecule has 2 aromatic heterocycles. The third-order valence-corrected chi connectivity index (χ3v) is 7.16. The third-order valence-electron chi connectivity index (χ3n) is 5.57. The predicted octanol–water partition coefficient (Wildman–Crippen LogP) is 4.08. The normalized spacial score (nSPS) is 11.5. The van der Waals surface area contributed by atoms with Crippen molar-refractivity contribution < 1.29 is 26.8 Å². The summed E-state index contributed by atoms with van der Waals surface area (Å²) in [5.41, 5.74) is 1.01. The number of methoxy groups -OCH3 is 1. The largest absolute Gasteiger partial charge is 0.467 e. The molecule has 0 fully saturated rings. The fourth-order valence-electron chi connectivity index (χ4n) is 3.84. The second-order valence-electron chi connectivity index (χ2n) is 8.14. The minimum atomic E-state index is -3.80. The molecule has 0 atom stereocenters. The first-order valence-corrected chi connectivity index (χ1v) is 12.9. The molecule has 0 N–H and O–H groups in total. The maximum absolute atomic E-state index is 14.4. The van der Waals surface area contributed by atoms with Gasteiger partial charge >= 0.3 is 0 Å². The van der Waals surface area contributed by atoms with E-state index in [2.05, 4.69) is 4.98 Å². The van der Waals surface area contributed by atoms with Crippen LogP contribution in [0.2, 0.25) is 0 Å². The van der Waals surface area contributed by atoms with E-state index in [4.69, 9.17) is 9.15 Å². The number of ether oxygens (including phenoxy) is 1. The zero-order valence-electron chi connectivity index (χ0n) is 19.7. The lowest BCUT2D eigenvalue weighted by molar-refractivity contribution is 0.0707. The molecule has 0 aliphatic rings. The number of halogens is 1. The van der Waals surface area contributed by atoms with E-state index in [1.807, 2.05) is 6.07 Å².